The predicted octanol–water partition coefficient (Wildman–Crippen LogP) is 6.07. The molecular weight excluding hydrogens is 367 g/mol. The van der Waals surface area contributed by atoms with Gasteiger partial charge in [-0.25, -0.2) is 0 Å². The van der Waals surface area contributed by atoms with E-state index in [0.29, 0.717) is 32.3 Å². The first-order chi connectivity index (χ1) is 12.4. The van der Waals surface area contributed by atoms with Gasteiger partial charge < -0.3 is 0 Å². The molecular formula is C22H16Cl2O2. The largest absolute Gasteiger partial charge is 0.289 e. The van der Waals surface area contributed by atoms with Crippen LogP contribution in [0.15, 0.2) is 60.7 Å². The summed E-state index contributed by atoms with van der Waals surface area (Å²) in [6.45, 7) is 3.77. The third kappa shape index (κ3) is 3.72. The number of carbonyl (C=O) groups excluding carboxylic acids is 2. The molecule has 0 N–H and O–H groups in total. The van der Waals surface area contributed by atoms with Crippen molar-refractivity contribution in [2.75, 3.05) is 0 Å². The minimum atomic E-state index is -0.135. The Bertz CT molecular complexity index is 923. The molecule has 2 nitrogen and oxygen atoms in total. The van der Waals surface area contributed by atoms with E-state index in [4.69, 9.17) is 23.2 Å². The van der Waals surface area contributed by atoms with Gasteiger partial charge in [0.15, 0.2) is 11.6 Å². The van der Waals surface area contributed by atoms with Gasteiger partial charge in [0, 0.05) is 32.3 Å². The monoisotopic (exact) mass is 382 g/mol. The maximum absolute atomic E-state index is 12.6. The van der Waals surface area contributed by atoms with Gasteiger partial charge in [-0.2, -0.15) is 0 Å². The molecule has 0 aliphatic rings. The number of benzene rings is 3. The lowest BCUT2D eigenvalue weighted by atomic mass is 9.98. The Labute approximate surface area is 162 Å². The highest BCUT2D eigenvalue weighted by Gasteiger charge is 2.14. The van der Waals surface area contributed by atoms with Crippen LogP contribution in [0, 0.1) is 13.8 Å². The molecule has 0 aromatic heterocycles. The fourth-order valence-corrected chi connectivity index (χ4v) is 2.94. The third-order valence-corrected chi connectivity index (χ3v) is 5.09. The quantitative estimate of drug-likeness (QED) is 0.512. The molecule has 0 spiro atoms. The summed E-state index contributed by atoms with van der Waals surface area (Å²) in [5.74, 6) is -0.270. The van der Waals surface area contributed by atoms with Crippen molar-refractivity contribution in [1.82, 2.24) is 0 Å². The molecule has 0 aliphatic carbocycles. The second-order valence-electron chi connectivity index (χ2n) is 6.16. The van der Waals surface area contributed by atoms with Crippen LogP contribution in [-0.2, 0) is 0 Å². The zero-order chi connectivity index (χ0) is 18.8. The first kappa shape index (κ1) is 18.4. The fraction of sp³-hybridized carbons (Fsp3) is 0.0909. The summed E-state index contributed by atoms with van der Waals surface area (Å²) in [5, 5.41) is 1.11. The lowest BCUT2D eigenvalue weighted by Gasteiger charge is -2.06. The number of halogens is 2. The summed E-state index contributed by atoms with van der Waals surface area (Å²) in [6, 6.07) is 17.0. The van der Waals surface area contributed by atoms with E-state index in [1.54, 1.807) is 48.5 Å². The van der Waals surface area contributed by atoms with Crippen LogP contribution in [0.2, 0.25) is 10.0 Å². The molecule has 0 atom stereocenters. The third-order valence-electron chi connectivity index (χ3n) is 4.28. The second kappa shape index (κ2) is 7.45. The standard InChI is InChI=1S/C22H16Cl2O2/c1-13-3-5-17(11-19(13)23)21(25)15-7-9-16(10-8-15)22(26)18-6-4-14(2)20(24)12-18/h3-12H,1-2H3. The topological polar surface area (TPSA) is 34.1 Å². The van der Waals surface area contributed by atoms with Gasteiger partial charge in [-0.15, -0.1) is 0 Å². The van der Waals surface area contributed by atoms with E-state index in [9.17, 15) is 9.59 Å². The van der Waals surface area contributed by atoms with Crippen LogP contribution in [0.3, 0.4) is 0 Å². The second-order valence-corrected chi connectivity index (χ2v) is 6.98. The summed E-state index contributed by atoms with van der Waals surface area (Å²) in [4.78, 5) is 25.2. The van der Waals surface area contributed by atoms with Gasteiger partial charge in [-0.3, -0.25) is 9.59 Å². The lowest BCUT2D eigenvalue weighted by molar-refractivity contribution is 0.102. The Morgan fingerprint density at radius 3 is 1.19 bits per heavy atom. The summed E-state index contributed by atoms with van der Waals surface area (Å²) < 4.78 is 0. The van der Waals surface area contributed by atoms with Crippen molar-refractivity contribution in [3.63, 3.8) is 0 Å². The van der Waals surface area contributed by atoms with E-state index in [1.165, 1.54) is 0 Å². The first-order valence-corrected chi connectivity index (χ1v) is 8.84. The zero-order valence-corrected chi connectivity index (χ0v) is 15.9. The molecule has 0 heterocycles. The maximum atomic E-state index is 12.6. The Kier molecular flexibility index (Phi) is 5.26. The molecule has 3 aromatic carbocycles. The van der Waals surface area contributed by atoms with Crippen molar-refractivity contribution in [2.45, 2.75) is 13.8 Å². The molecule has 0 saturated carbocycles. The van der Waals surface area contributed by atoms with Crippen LogP contribution in [0.1, 0.15) is 43.0 Å². The van der Waals surface area contributed by atoms with E-state index in [1.807, 2.05) is 26.0 Å². The smallest absolute Gasteiger partial charge is 0.193 e. The molecule has 0 amide bonds. The molecule has 130 valence electrons. The van der Waals surface area contributed by atoms with Crippen molar-refractivity contribution in [3.8, 4) is 0 Å². The van der Waals surface area contributed by atoms with Crippen molar-refractivity contribution in [1.29, 1.82) is 0 Å². The van der Waals surface area contributed by atoms with Gasteiger partial charge in [-0.05, 0) is 37.1 Å². The van der Waals surface area contributed by atoms with Crippen molar-refractivity contribution in [3.05, 3.63) is 104 Å². The summed E-state index contributed by atoms with van der Waals surface area (Å²) in [7, 11) is 0. The summed E-state index contributed by atoms with van der Waals surface area (Å²) in [6.07, 6.45) is 0. The zero-order valence-electron chi connectivity index (χ0n) is 14.3. The molecule has 26 heavy (non-hydrogen) atoms. The van der Waals surface area contributed by atoms with E-state index < -0.39 is 0 Å². The molecule has 0 fully saturated rings. The average Bonchev–Trinajstić information content (AvgIpc) is 2.65. The highest BCUT2D eigenvalue weighted by atomic mass is 35.5. The normalized spacial score (nSPS) is 10.6. The highest BCUT2D eigenvalue weighted by Crippen LogP contribution is 2.21. The van der Waals surface area contributed by atoms with Crippen molar-refractivity contribution < 1.29 is 9.59 Å². The lowest BCUT2D eigenvalue weighted by Crippen LogP contribution is -2.05. The molecule has 0 bridgehead atoms. The predicted molar refractivity (Wildman–Crippen MR) is 106 cm³/mol. The van der Waals surface area contributed by atoms with Gasteiger partial charge in [0.25, 0.3) is 0 Å². The minimum absolute atomic E-state index is 0.135. The number of hydrogen-bond donors (Lipinski definition) is 0. The molecule has 0 aliphatic heterocycles. The van der Waals surface area contributed by atoms with Crippen LogP contribution in [0.4, 0.5) is 0 Å². The molecule has 3 aromatic rings. The molecule has 0 unspecified atom stereocenters. The van der Waals surface area contributed by atoms with E-state index in [0.717, 1.165) is 11.1 Å². The Morgan fingerprint density at radius 2 is 0.885 bits per heavy atom. The van der Waals surface area contributed by atoms with Crippen LogP contribution in [0.25, 0.3) is 0 Å². The van der Waals surface area contributed by atoms with Crippen LogP contribution >= 0.6 is 23.2 Å². The summed E-state index contributed by atoms with van der Waals surface area (Å²) in [5.41, 5.74) is 3.88. The average molecular weight is 383 g/mol. The molecule has 0 saturated heterocycles. The summed E-state index contributed by atoms with van der Waals surface area (Å²) >= 11 is 12.2. The molecule has 3 rings (SSSR count). The minimum Gasteiger partial charge on any atom is -0.289 e. The van der Waals surface area contributed by atoms with Crippen LogP contribution in [0.5, 0.6) is 0 Å². The molecule has 4 heteroatoms. The Morgan fingerprint density at radius 1 is 0.577 bits per heavy atom. The Hall–Kier alpha value is -2.42. The first-order valence-electron chi connectivity index (χ1n) is 8.08. The van der Waals surface area contributed by atoms with Gasteiger partial charge in [0.05, 0.1) is 0 Å². The number of carbonyl (C=O) groups is 2. The van der Waals surface area contributed by atoms with Crippen molar-refractivity contribution in [2.24, 2.45) is 0 Å². The van der Waals surface area contributed by atoms with Gasteiger partial charge in [-0.1, -0.05) is 71.7 Å². The fourth-order valence-electron chi connectivity index (χ4n) is 2.57. The Balaban J connectivity index is 1.85. The highest BCUT2D eigenvalue weighted by molar-refractivity contribution is 6.32. The van der Waals surface area contributed by atoms with Gasteiger partial charge >= 0.3 is 0 Å². The maximum Gasteiger partial charge on any atom is 0.193 e. The number of ketones is 2. The number of aryl methyl sites for hydroxylation is 2. The number of rotatable bonds is 4. The van der Waals surface area contributed by atoms with E-state index in [-0.39, 0.29) is 11.6 Å². The number of hydrogen-bond acceptors (Lipinski definition) is 2. The van der Waals surface area contributed by atoms with Crippen molar-refractivity contribution >= 4 is 34.8 Å². The SMILES string of the molecule is Cc1ccc(C(=O)c2ccc(C(=O)c3ccc(C)c(Cl)c3)cc2)cc1Cl. The van der Waals surface area contributed by atoms with Crippen LogP contribution in [-0.4, -0.2) is 11.6 Å². The molecule has 0 radical (unpaired) electrons. The van der Waals surface area contributed by atoms with E-state index >= 15 is 0 Å². The van der Waals surface area contributed by atoms with Gasteiger partial charge in [0.2, 0.25) is 0 Å². The van der Waals surface area contributed by atoms with Crippen LogP contribution < -0.4 is 0 Å². The van der Waals surface area contributed by atoms with E-state index in [2.05, 4.69) is 0 Å². The van der Waals surface area contributed by atoms with Gasteiger partial charge in [0.1, 0.15) is 0 Å².